The zero-order valence-corrected chi connectivity index (χ0v) is 12.0. The number of halogens is 2. The number of carbonyl (C=O) groups is 1. The largest absolute Gasteiger partial charge is 0.398 e. The van der Waals surface area contributed by atoms with Gasteiger partial charge in [0.2, 0.25) is 5.78 Å². The molecule has 0 aliphatic carbocycles. The van der Waals surface area contributed by atoms with Crippen molar-refractivity contribution >= 4 is 34.7 Å². The number of hydrogen-bond acceptors (Lipinski definition) is 3. The van der Waals surface area contributed by atoms with Crippen LogP contribution in [-0.4, -0.2) is 15.6 Å². The molecule has 0 saturated carbocycles. The van der Waals surface area contributed by atoms with E-state index in [9.17, 15) is 4.79 Å². The number of rotatable bonds is 3. The van der Waals surface area contributed by atoms with Gasteiger partial charge in [0.1, 0.15) is 5.69 Å². The highest BCUT2D eigenvalue weighted by atomic mass is 35.5. The average molecular weight is 298 g/mol. The molecule has 0 saturated heterocycles. The van der Waals surface area contributed by atoms with E-state index in [0.717, 1.165) is 0 Å². The Hall–Kier alpha value is -1.52. The molecule has 0 unspecified atom stereocenters. The summed E-state index contributed by atoms with van der Waals surface area (Å²) in [7, 11) is 0. The Morgan fingerprint density at radius 1 is 1.32 bits per heavy atom. The first kappa shape index (κ1) is 13.9. The van der Waals surface area contributed by atoms with Gasteiger partial charge >= 0.3 is 0 Å². The second-order valence-electron chi connectivity index (χ2n) is 4.44. The van der Waals surface area contributed by atoms with Gasteiger partial charge in [-0.3, -0.25) is 9.48 Å². The van der Waals surface area contributed by atoms with Gasteiger partial charge in [-0.25, -0.2) is 0 Å². The lowest BCUT2D eigenvalue weighted by atomic mass is 10.1. The molecule has 1 heterocycles. The molecular formula is C13H13Cl2N3O. The number of hydrogen-bond donors (Lipinski definition) is 1. The Bertz CT molecular complexity index is 635. The van der Waals surface area contributed by atoms with Crippen LogP contribution < -0.4 is 5.73 Å². The van der Waals surface area contributed by atoms with E-state index >= 15 is 0 Å². The van der Waals surface area contributed by atoms with E-state index in [2.05, 4.69) is 5.10 Å². The minimum Gasteiger partial charge on any atom is -0.398 e. The fourth-order valence-corrected chi connectivity index (χ4v) is 2.15. The smallest absolute Gasteiger partial charge is 0.212 e. The topological polar surface area (TPSA) is 60.9 Å². The van der Waals surface area contributed by atoms with Gasteiger partial charge in [0, 0.05) is 11.6 Å². The molecule has 2 rings (SSSR count). The van der Waals surface area contributed by atoms with Gasteiger partial charge < -0.3 is 5.73 Å². The quantitative estimate of drug-likeness (QED) is 0.696. The highest BCUT2D eigenvalue weighted by Crippen LogP contribution is 2.25. The third kappa shape index (κ3) is 2.60. The minimum absolute atomic E-state index is 0.0377. The van der Waals surface area contributed by atoms with Crippen LogP contribution in [0.1, 0.15) is 35.9 Å². The van der Waals surface area contributed by atoms with Crippen LogP contribution in [0.2, 0.25) is 10.0 Å². The summed E-state index contributed by atoms with van der Waals surface area (Å²) in [6.07, 6.45) is 1.47. The number of nitrogens with two attached hydrogens (primary N) is 1. The van der Waals surface area contributed by atoms with E-state index in [1.54, 1.807) is 16.8 Å². The van der Waals surface area contributed by atoms with Crippen molar-refractivity contribution in [3.8, 4) is 0 Å². The summed E-state index contributed by atoms with van der Waals surface area (Å²) >= 11 is 12.0. The summed E-state index contributed by atoms with van der Waals surface area (Å²) in [6, 6.07) is 4.79. The maximum absolute atomic E-state index is 12.5. The molecule has 100 valence electrons. The molecule has 0 bridgehead atoms. The lowest BCUT2D eigenvalue weighted by molar-refractivity contribution is 0.102. The molecule has 1 aromatic heterocycles. The Morgan fingerprint density at radius 2 is 2.00 bits per heavy atom. The van der Waals surface area contributed by atoms with Gasteiger partial charge in [-0.15, -0.1) is 0 Å². The van der Waals surface area contributed by atoms with E-state index < -0.39 is 0 Å². The van der Waals surface area contributed by atoms with Gasteiger partial charge in [-0.2, -0.15) is 5.10 Å². The Morgan fingerprint density at radius 3 is 2.58 bits per heavy atom. The molecule has 0 atom stereocenters. The van der Waals surface area contributed by atoms with Gasteiger partial charge in [0.15, 0.2) is 0 Å². The predicted molar refractivity (Wildman–Crippen MR) is 76.9 cm³/mol. The van der Waals surface area contributed by atoms with Crippen molar-refractivity contribution in [3.05, 3.63) is 45.7 Å². The number of benzene rings is 1. The van der Waals surface area contributed by atoms with Gasteiger partial charge in [0.05, 0.1) is 21.9 Å². The van der Waals surface area contributed by atoms with E-state index in [-0.39, 0.29) is 11.8 Å². The first-order chi connectivity index (χ1) is 8.91. The molecule has 0 spiro atoms. The van der Waals surface area contributed by atoms with Crippen molar-refractivity contribution in [2.45, 2.75) is 19.9 Å². The molecule has 0 radical (unpaired) electrons. The van der Waals surface area contributed by atoms with Crippen LogP contribution in [0.4, 0.5) is 5.69 Å². The average Bonchev–Trinajstić information content (AvgIpc) is 2.74. The van der Waals surface area contributed by atoms with Crippen LogP contribution in [0.25, 0.3) is 0 Å². The van der Waals surface area contributed by atoms with E-state index in [4.69, 9.17) is 28.9 Å². The van der Waals surface area contributed by atoms with Crippen LogP contribution in [0, 0.1) is 0 Å². The molecule has 2 N–H and O–H groups in total. The SMILES string of the molecule is CC(C)n1ncc(Cl)c1C(=O)c1ccc(N)c(Cl)c1. The number of carbonyl (C=O) groups excluding carboxylic acids is 1. The monoisotopic (exact) mass is 297 g/mol. The highest BCUT2D eigenvalue weighted by Gasteiger charge is 2.21. The number of aromatic nitrogens is 2. The second-order valence-corrected chi connectivity index (χ2v) is 5.26. The Kier molecular flexibility index (Phi) is 3.83. The highest BCUT2D eigenvalue weighted by molar-refractivity contribution is 6.35. The molecule has 0 amide bonds. The standard InChI is InChI=1S/C13H13Cl2N3O/c1-7(2)18-12(10(15)6-17-18)13(19)8-3-4-11(16)9(14)5-8/h3-7H,16H2,1-2H3. The van der Waals surface area contributed by atoms with E-state index in [0.29, 0.717) is 27.0 Å². The van der Waals surface area contributed by atoms with Crippen LogP contribution in [0.5, 0.6) is 0 Å². The number of ketones is 1. The van der Waals surface area contributed by atoms with Gasteiger partial charge in [0.25, 0.3) is 0 Å². The summed E-state index contributed by atoms with van der Waals surface area (Å²) in [5.41, 5.74) is 6.85. The summed E-state index contributed by atoms with van der Waals surface area (Å²) in [5, 5.41) is 4.78. The molecule has 6 heteroatoms. The number of anilines is 1. The zero-order valence-electron chi connectivity index (χ0n) is 10.5. The lowest BCUT2D eigenvalue weighted by Gasteiger charge is -2.11. The fourth-order valence-electron chi connectivity index (χ4n) is 1.75. The maximum Gasteiger partial charge on any atom is 0.212 e. The molecule has 0 aliphatic rings. The summed E-state index contributed by atoms with van der Waals surface area (Å²) in [6.45, 7) is 3.85. The maximum atomic E-state index is 12.5. The third-order valence-electron chi connectivity index (χ3n) is 2.72. The molecule has 4 nitrogen and oxygen atoms in total. The first-order valence-corrected chi connectivity index (χ1v) is 6.50. The molecule has 19 heavy (non-hydrogen) atoms. The van der Waals surface area contributed by atoms with Crippen LogP contribution in [0.15, 0.2) is 24.4 Å². The van der Waals surface area contributed by atoms with Crippen molar-refractivity contribution < 1.29 is 4.79 Å². The summed E-state index contributed by atoms with van der Waals surface area (Å²) in [5.74, 6) is -0.224. The second kappa shape index (κ2) is 5.23. The minimum atomic E-state index is -0.224. The van der Waals surface area contributed by atoms with Crippen molar-refractivity contribution in [3.63, 3.8) is 0 Å². The van der Waals surface area contributed by atoms with Crippen molar-refractivity contribution in [1.29, 1.82) is 0 Å². The fraction of sp³-hybridized carbons (Fsp3) is 0.231. The van der Waals surface area contributed by atoms with Crippen molar-refractivity contribution in [2.24, 2.45) is 0 Å². The molecule has 1 aromatic carbocycles. The van der Waals surface area contributed by atoms with Crippen molar-refractivity contribution in [2.75, 3.05) is 5.73 Å². The van der Waals surface area contributed by atoms with Crippen molar-refractivity contribution in [1.82, 2.24) is 9.78 Å². The predicted octanol–water partition coefficient (Wildman–Crippen LogP) is 3.58. The van der Waals surface area contributed by atoms with Gasteiger partial charge in [-0.1, -0.05) is 23.2 Å². The number of nitrogen functional groups attached to an aromatic ring is 1. The van der Waals surface area contributed by atoms with Crippen LogP contribution >= 0.6 is 23.2 Å². The molecule has 0 aliphatic heterocycles. The first-order valence-electron chi connectivity index (χ1n) is 5.74. The normalized spacial score (nSPS) is 11.0. The summed E-state index contributed by atoms with van der Waals surface area (Å²) in [4.78, 5) is 12.5. The van der Waals surface area contributed by atoms with E-state index in [1.807, 2.05) is 13.8 Å². The molecular weight excluding hydrogens is 285 g/mol. The van der Waals surface area contributed by atoms with E-state index in [1.165, 1.54) is 12.3 Å². The zero-order chi connectivity index (χ0) is 14.2. The Labute approximate surface area is 121 Å². The van der Waals surface area contributed by atoms with Gasteiger partial charge in [-0.05, 0) is 32.0 Å². The van der Waals surface area contributed by atoms with Crippen LogP contribution in [0.3, 0.4) is 0 Å². The third-order valence-corrected chi connectivity index (χ3v) is 3.32. The molecule has 0 fully saturated rings. The summed E-state index contributed by atoms with van der Waals surface area (Å²) < 4.78 is 1.59. The molecule has 2 aromatic rings. The lowest BCUT2D eigenvalue weighted by Crippen LogP contribution is -2.14. The number of nitrogens with zero attached hydrogens (tertiary/aromatic N) is 2. The van der Waals surface area contributed by atoms with Crippen LogP contribution in [-0.2, 0) is 0 Å². The Balaban J connectivity index is 2.49.